The highest BCUT2D eigenvalue weighted by Gasteiger charge is 2.36. The Hall–Kier alpha value is -3.14. The first-order valence-electron chi connectivity index (χ1n) is 14.6. The van der Waals surface area contributed by atoms with Gasteiger partial charge in [0.2, 0.25) is 0 Å². The van der Waals surface area contributed by atoms with E-state index >= 15 is 0 Å². The molecule has 2 unspecified atom stereocenters. The van der Waals surface area contributed by atoms with Crippen molar-refractivity contribution >= 4 is 35.1 Å². The lowest BCUT2D eigenvalue weighted by Gasteiger charge is -2.23. The quantitative estimate of drug-likeness (QED) is 0.133. The molecule has 0 fully saturated rings. The lowest BCUT2D eigenvalue weighted by Crippen LogP contribution is -2.49. The van der Waals surface area contributed by atoms with Gasteiger partial charge in [0.05, 0.1) is 0 Å². The molecular weight excluding hydrogens is 560 g/mol. The van der Waals surface area contributed by atoms with E-state index in [9.17, 15) is 19.5 Å². The fourth-order valence-electron chi connectivity index (χ4n) is 4.38. The monoisotopic (exact) mass is 604 g/mol. The minimum Gasteiger partial charge on any atom is -0.480 e. The Bertz CT molecular complexity index is 1160. The van der Waals surface area contributed by atoms with Gasteiger partial charge in [-0.05, 0) is 87.3 Å². The van der Waals surface area contributed by atoms with Gasteiger partial charge in [-0.25, -0.2) is 9.59 Å². The largest absolute Gasteiger partial charge is 0.480 e. The number of carbonyl (C=O) groups excluding carboxylic acids is 1. The molecule has 232 valence electrons. The molecule has 10 heteroatoms. The minimum atomic E-state index is -1.73. The Kier molecular flexibility index (Phi) is 16.0. The number of halogens is 1. The van der Waals surface area contributed by atoms with Crippen LogP contribution in [0.5, 0.6) is 0 Å². The highest BCUT2D eigenvalue weighted by molar-refractivity contribution is 6.31. The van der Waals surface area contributed by atoms with E-state index in [1.54, 1.807) is 0 Å². The molecule has 1 amide bonds. The highest BCUT2D eigenvalue weighted by Crippen LogP contribution is 2.20. The highest BCUT2D eigenvalue weighted by atomic mass is 35.5. The maximum Gasteiger partial charge on any atom is 0.336 e. The Balaban J connectivity index is 1.75. The number of ether oxygens (including phenoxy) is 2. The van der Waals surface area contributed by atoms with Gasteiger partial charge in [0.1, 0.15) is 6.61 Å². The van der Waals surface area contributed by atoms with Crippen LogP contribution in [0.4, 0.5) is 5.69 Å². The second-order valence-electron chi connectivity index (χ2n) is 10.6. The van der Waals surface area contributed by atoms with Crippen molar-refractivity contribution in [2.75, 3.05) is 31.6 Å². The molecule has 9 nitrogen and oxygen atoms in total. The van der Waals surface area contributed by atoms with Crippen LogP contribution in [0.25, 0.3) is 0 Å². The topological polar surface area (TPSA) is 134 Å². The standard InChI is InChI=1S/C32H45ClN2O7/c1-22-12-14-25(19-24(22)3)11-7-6-9-17-35-31(38)29(30(32(39)40)42-21-28(36)37)41-18-10-5-4-8-16-34-26-15-13-23(2)27(33)20-26/h12-15,19-20,29-30,34H,4-11,16-18,21H2,1-3H3,(H,35,38)(H,36,37)(H,39,40). The zero-order valence-electron chi connectivity index (χ0n) is 24.9. The van der Waals surface area contributed by atoms with E-state index < -0.39 is 36.7 Å². The number of carbonyl (C=O) groups is 3. The van der Waals surface area contributed by atoms with E-state index in [-0.39, 0.29) is 6.61 Å². The van der Waals surface area contributed by atoms with E-state index in [0.717, 1.165) is 67.8 Å². The fraction of sp³-hybridized carbons (Fsp3) is 0.531. The average molecular weight is 605 g/mol. The molecule has 0 saturated heterocycles. The second kappa shape index (κ2) is 19.1. The summed E-state index contributed by atoms with van der Waals surface area (Å²) < 4.78 is 10.7. The first-order valence-corrected chi connectivity index (χ1v) is 15.0. The van der Waals surface area contributed by atoms with E-state index in [1.807, 2.05) is 25.1 Å². The van der Waals surface area contributed by atoms with E-state index in [4.69, 9.17) is 26.2 Å². The zero-order valence-corrected chi connectivity index (χ0v) is 25.7. The Morgan fingerprint density at radius 3 is 2.17 bits per heavy atom. The maximum absolute atomic E-state index is 12.9. The van der Waals surface area contributed by atoms with Gasteiger partial charge in [-0.1, -0.05) is 55.1 Å². The molecule has 2 aromatic carbocycles. The number of aryl methyl sites for hydroxylation is 4. The Morgan fingerprint density at radius 2 is 1.48 bits per heavy atom. The molecule has 0 aliphatic rings. The van der Waals surface area contributed by atoms with Crippen molar-refractivity contribution in [2.45, 2.75) is 84.3 Å². The molecule has 4 N–H and O–H groups in total. The molecule has 2 rings (SSSR count). The number of hydrogen-bond donors (Lipinski definition) is 4. The van der Waals surface area contributed by atoms with Gasteiger partial charge in [0.15, 0.2) is 12.2 Å². The summed E-state index contributed by atoms with van der Waals surface area (Å²) in [7, 11) is 0. The summed E-state index contributed by atoms with van der Waals surface area (Å²) in [6.45, 7) is 6.58. The predicted molar refractivity (Wildman–Crippen MR) is 164 cm³/mol. The first kappa shape index (κ1) is 35.1. The van der Waals surface area contributed by atoms with E-state index in [1.165, 1.54) is 16.7 Å². The van der Waals surface area contributed by atoms with Crippen molar-refractivity contribution < 1.29 is 34.1 Å². The normalized spacial score (nSPS) is 12.5. The first-order chi connectivity index (χ1) is 20.1. The van der Waals surface area contributed by atoms with Crippen molar-refractivity contribution in [2.24, 2.45) is 0 Å². The summed E-state index contributed by atoms with van der Waals surface area (Å²) in [5, 5.41) is 25.4. The third kappa shape index (κ3) is 13.2. The van der Waals surface area contributed by atoms with Crippen molar-refractivity contribution in [1.29, 1.82) is 0 Å². The molecule has 0 saturated carbocycles. The van der Waals surface area contributed by atoms with Gasteiger partial charge in [-0.3, -0.25) is 4.79 Å². The molecule has 0 radical (unpaired) electrons. The predicted octanol–water partition coefficient (Wildman–Crippen LogP) is 5.71. The molecule has 0 bridgehead atoms. The van der Waals surface area contributed by atoms with E-state index in [2.05, 4.69) is 42.7 Å². The summed E-state index contributed by atoms with van der Waals surface area (Å²) in [4.78, 5) is 35.7. The van der Waals surface area contributed by atoms with Crippen LogP contribution in [-0.4, -0.2) is 66.6 Å². The smallest absolute Gasteiger partial charge is 0.336 e. The van der Waals surface area contributed by atoms with Gasteiger partial charge in [0, 0.05) is 30.4 Å². The van der Waals surface area contributed by atoms with E-state index in [0.29, 0.717) is 13.0 Å². The lowest BCUT2D eigenvalue weighted by molar-refractivity contribution is -0.172. The molecule has 0 aromatic heterocycles. The molecule has 0 aliphatic heterocycles. The zero-order chi connectivity index (χ0) is 30.9. The summed E-state index contributed by atoms with van der Waals surface area (Å²) >= 11 is 6.16. The lowest BCUT2D eigenvalue weighted by atomic mass is 10.0. The van der Waals surface area contributed by atoms with Crippen LogP contribution >= 0.6 is 11.6 Å². The number of hydrogen-bond acceptors (Lipinski definition) is 6. The average Bonchev–Trinajstić information content (AvgIpc) is 2.94. The van der Waals surface area contributed by atoms with Gasteiger partial charge < -0.3 is 30.3 Å². The van der Waals surface area contributed by atoms with Gasteiger partial charge in [-0.2, -0.15) is 0 Å². The van der Waals surface area contributed by atoms with Crippen LogP contribution in [-0.2, 0) is 30.3 Å². The third-order valence-electron chi connectivity index (χ3n) is 7.05. The van der Waals surface area contributed by atoms with Crippen LogP contribution in [0.1, 0.15) is 67.2 Å². The minimum absolute atomic E-state index is 0.148. The summed E-state index contributed by atoms with van der Waals surface area (Å²) in [5.74, 6) is -3.40. The van der Waals surface area contributed by atoms with Crippen molar-refractivity contribution in [3.05, 3.63) is 63.7 Å². The molecular formula is C32H45ClN2O7. The molecule has 2 atom stereocenters. The van der Waals surface area contributed by atoms with Crippen molar-refractivity contribution in [3.8, 4) is 0 Å². The van der Waals surface area contributed by atoms with Crippen LogP contribution in [0.3, 0.4) is 0 Å². The molecule has 42 heavy (non-hydrogen) atoms. The summed E-state index contributed by atoms with van der Waals surface area (Å²) in [6.07, 6.45) is 3.60. The van der Waals surface area contributed by atoms with Crippen LogP contribution in [0, 0.1) is 20.8 Å². The Morgan fingerprint density at radius 1 is 0.786 bits per heavy atom. The summed E-state index contributed by atoms with van der Waals surface area (Å²) in [6, 6.07) is 12.3. The Labute approximate surface area is 253 Å². The van der Waals surface area contributed by atoms with Crippen molar-refractivity contribution in [3.63, 3.8) is 0 Å². The maximum atomic E-state index is 12.9. The fourth-order valence-corrected chi connectivity index (χ4v) is 4.56. The number of unbranched alkanes of at least 4 members (excludes halogenated alkanes) is 5. The third-order valence-corrected chi connectivity index (χ3v) is 7.45. The molecule has 2 aromatic rings. The van der Waals surface area contributed by atoms with Crippen LogP contribution in [0.2, 0.25) is 5.02 Å². The van der Waals surface area contributed by atoms with Crippen LogP contribution in [0.15, 0.2) is 36.4 Å². The van der Waals surface area contributed by atoms with Gasteiger partial charge >= 0.3 is 11.9 Å². The number of benzene rings is 2. The molecule has 0 spiro atoms. The van der Waals surface area contributed by atoms with Gasteiger partial charge in [0.25, 0.3) is 5.91 Å². The SMILES string of the molecule is Cc1ccc(CCCCCNC(=O)C(OCCCCCCNc2ccc(C)c(Cl)c2)C(OCC(=O)O)C(=O)O)cc1C. The number of carboxylic acids is 2. The number of nitrogens with one attached hydrogen (secondary N) is 2. The number of amides is 1. The molecule has 0 heterocycles. The number of anilines is 1. The van der Waals surface area contributed by atoms with Crippen LogP contribution < -0.4 is 10.6 Å². The second-order valence-corrected chi connectivity index (χ2v) is 11.0. The number of aliphatic carboxylic acids is 2. The van der Waals surface area contributed by atoms with Gasteiger partial charge in [-0.15, -0.1) is 0 Å². The van der Waals surface area contributed by atoms with Crippen molar-refractivity contribution in [1.82, 2.24) is 5.32 Å². The number of rotatable bonds is 21. The number of carboxylic acid groups (broad SMARTS) is 2. The molecule has 0 aliphatic carbocycles. The summed E-state index contributed by atoms with van der Waals surface area (Å²) in [5.41, 5.74) is 5.80.